The third kappa shape index (κ3) is 6.78. The van der Waals surface area contributed by atoms with Gasteiger partial charge in [0.25, 0.3) is 0 Å². The van der Waals surface area contributed by atoms with Crippen molar-refractivity contribution in [1.82, 2.24) is 5.32 Å². The van der Waals surface area contributed by atoms with Crippen molar-refractivity contribution in [2.45, 2.75) is 33.2 Å². The van der Waals surface area contributed by atoms with Crippen LogP contribution in [-0.2, 0) is 21.4 Å². The summed E-state index contributed by atoms with van der Waals surface area (Å²) in [6, 6.07) is 9.19. The van der Waals surface area contributed by atoms with Crippen molar-refractivity contribution in [3.8, 4) is 17.2 Å². The van der Waals surface area contributed by atoms with E-state index in [1.54, 1.807) is 12.1 Å². The minimum Gasteiger partial charge on any atom is -0.493 e. The fourth-order valence-electron chi connectivity index (χ4n) is 3.49. The number of benzene rings is 2. The average Bonchev–Trinajstić information content (AvgIpc) is 2.72. The van der Waals surface area contributed by atoms with Gasteiger partial charge >= 0.3 is 0 Å². The molecule has 0 spiro atoms. The summed E-state index contributed by atoms with van der Waals surface area (Å²) in [5.41, 5.74) is 3.37. The van der Waals surface area contributed by atoms with E-state index < -0.39 is 10.0 Å². The Morgan fingerprint density at radius 2 is 1.50 bits per heavy atom. The highest BCUT2D eigenvalue weighted by molar-refractivity contribution is 7.92. The number of anilines is 1. The maximum Gasteiger partial charge on any atom is 0.232 e. The molecule has 0 aliphatic heterocycles. The van der Waals surface area contributed by atoms with Crippen LogP contribution in [0.4, 0.5) is 5.69 Å². The van der Waals surface area contributed by atoms with Crippen LogP contribution in [0, 0.1) is 13.8 Å². The maximum atomic E-state index is 12.4. The summed E-state index contributed by atoms with van der Waals surface area (Å²) in [5.74, 6) is 1.33. The highest BCUT2D eigenvalue weighted by Gasteiger charge is 2.18. The summed E-state index contributed by atoms with van der Waals surface area (Å²) in [5, 5.41) is 2.85. The second-order valence-electron chi connectivity index (χ2n) is 7.59. The van der Waals surface area contributed by atoms with E-state index >= 15 is 0 Å². The number of sulfonamides is 1. The quantitative estimate of drug-likeness (QED) is 0.549. The van der Waals surface area contributed by atoms with Gasteiger partial charge in [0.2, 0.25) is 21.7 Å². The lowest BCUT2D eigenvalue weighted by atomic mass is 10.1. The zero-order chi connectivity index (χ0) is 23.9. The number of carbonyl (C=O) groups is 1. The summed E-state index contributed by atoms with van der Waals surface area (Å²) >= 11 is 0. The molecular formula is C23H32N2O6S. The Labute approximate surface area is 190 Å². The van der Waals surface area contributed by atoms with E-state index in [1.807, 2.05) is 32.0 Å². The number of carbonyl (C=O) groups excluding carboxylic acids is 1. The fourth-order valence-corrected chi connectivity index (χ4v) is 4.44. The Balaban J connectivity index is 1.99. The van der Waals surface area contributed by atoms with E-state index in [-0.39, 0.29) is 25.4 Å². The molecule has 0 heterocycles. The lowest BCUT2D eigenvalue weighted by Crippen LogP contribution is -2.32. The Morgan fingerprint density at radius 3 is 1.97 bits per heavy atom. The predicted octanol–water partition coefficient (Wildman–Crippen LogP) is 3.19. The molecule has 1 amide bonds. The Bertz CT molecular complexity index is 1010. The molecule has 32 heavy (non-hydrogen) atoms. The van der Waals surface area contributed by atoms with Gasteiger partial charge in [-0.15, -0.1) is 0 Å². The molecule has 176 valence electrons. The molecule has 0 unspecified atom stereocenters. The molecular weight excluding hydrogens is 432 g/mol. The van der Waals surface area contributed by atoms with Crippen LogP contribution in [0.1, 0.15) is 29.5 Å². The zero-order valence-corrected chi connectivity index (χ0v) is 20.3. The molecule has 0 saturated carbocycles. The van der Waals surface area contributed by atoms with Crippen LogP contribution in [0.5, 0.6) is 17.2 Å². The van der Waals surface area contributed by atoms with Crippen molar-refractivity contribution >= 4 is 21.6 Å². The van der Waals surface area contributed by atoms with Gasteiger partial charge in [-0.1, -0.05) is 6.07 Å². The summed E-state index contributed by atoms with van der Waals surface area (Å²) in [6.07, 6.45) is 1.76. The van der Waals surface area contributed by atoms with Gasteiger partial charge < -0.3 is 19.5 Å². The lowest BCUT2D eigenvalue weighted by Gasteiger charge is -2.23. The van der Waals surface area contributed by atoms with E-state index in [9.17, 15) is 13.2 Å². The Kier molecular flexibility index (Phi) is 8.77. The topological polar surface area (TPSA) is 94.2 Å². The molecule has 9 heteroatoms. The molecule has 8 nitrogen and oxygen atoms in total. The Hall–Kier alpha value is -2.94. The molecule has 0 bridgehead atoms. The fraction of sp³-hybridized carbons (Fsp3) is 0.435. The molecule has 0 saturated heterocycles. The SMILES string of the molecule is COc1cc(CNC(=O)CCCN(c2cc(C)cc(C)c2)S(C)(=O)=O)cc(OC)c1OC. The molecule has 1 N–H and O–H groups in total. The number of hydrogen-bond donors (Lipinski definition) is 1. The highest BCUT2D eigenvalue weighted by Crippen LogP contribution is 2.38. The first-order chi connectivity index (χ1) is 15.1. The zero-order valence-electron chi connectivity index (χ0n) is 19.5. The maximum absolute atomic E-state index is 12.4. The lowest BCUT2D eigenvalue weighted by molar-refractivity contribution is -0.121. The normalized spacial score (nSPS) is 11.1. The molecule has 0 aromatic heterocycles. The van der Waals surface area contributed by atoms with Crippen molar-refractivity contribution < 1.29 is 27.4 Å². The number of rotatable bonds is 11. The number of aryl methyl sites for hydroxylation is 2. The molecule has 2 aromatic carbocycles. The molecule has 0 fully saturated rings. The summed E-state index contributed by atoms with van der Waals surface area (Å²) in [4.78, 5) is 12.4. The van der Waals surface area contributed by atoms with Gasteiger partial charge in [-0.25, -0.2) is 8.42 Å². The molecule has 2 rings (SSSR count). The number of nitrogens with zero attached hydrogens (tertiary/aromatic N) is 1. The summed E-state index contributed by atoms with van der Waals surface area (Å²) in [6.45, 7) is 4.35. The second-order valence-corrected chi connectivity index (χ2v) is 9.50. The third-order valence-corrected chi connectivity index (χ3v) is 6.07. The Morgan fingerprint density at radius 1 is 0.938 bits per heavy atom. The number of nitrogens with one attached hydrogen (secondary N) is 1. The van der Waals surface area contributed by atoms with Gasteiger partial charge in [-0.05, 0) is 61.2 Å². The van der Waals surface area contributed by atoms with Crippen LogP contribution in [0.15, 0.2) is 30.3 Å². The largest absolute Gasteiger partial charge is 0.493 e. The van der Waals surface area contributed by atoms with Crippen molar-refractivity contribution in [2.75, 3.05) is 38.4 Å². The third-order valence-electron chi connectivity index (χ3n) is 4.87. The smallest absolute Gasteiger partial charge is 0.232 e. The first-order valence-corrected chi connectivity index (χ1v) is 12.1. The van der Waals surface area contributed by atoms with Crippen LogP contribution in [0.3, 0.4) is 0 Å². The van der Waals surface area contributed by atoms with Crippen molar-refractivity contribution in [3.63, 3.8) is 0 Å². The van der Waals surface area contributed by atoms with Crippen LogP contribution >= 0.6 is 0 Å². The molecule has 2 aromatic rings. The van der Waals surface area contributed by atoms with E-state index in [4.69, 9.17) is 14.2 Å². The van der Waals surface area contributed by atoms with E-state index in [1.165, 1.54) is 31.9 Å². The monoisotopic (exact) mass is 464 g/mol. The van der Waals surface area contributed by atoms with Crippen LogP contribution in [0.2, 0.25) is 0 Å². The minimum atomic E-state index is -3.46. The van der Waals surface area contributed by atoms with Crippen LogP contribution in [0.25, 0.3) is 0 Å². The predicted molar refractivity (Wildman–Crippen MR) is 125 cm³/mol. The van der Waals surface area contributed by atoms with E-state index in [0.29, 0.717) is 29.4 Å². The molecule has 0 radical (unpaired) electrons. The number of hydrogen-bond acceptors (Lipinski definition) is 6. The van der Waals surface area contributed by atoms with Crippen molar-refractivity contribution in [2.24, 2.45) is 0 Å². The van der Waals surface area contributed by atoms with Crippen molar-refractivity contribution in [1.29, 1.82) is 0 Å². The molecule has 0 aliphatic carbocycles. The number of methoxy groups -OCH3 is 3. The van der Waals surface area contributed by atoms with E-state index in [2.05, 4.69) is 5.32 Å². The second kappa shape index (κ2) is 11.1. The van der Waals surface area contributed by atoms with Gasteiger partial charge in [-0.2, -0.15) is 0 Å². The number of amides is 1. The van der Waals surface area contributed by atoms with Crippen LogP contribution in [-0.4, -0.2) is 48.5 Å². The van der Waals surface area contributed by atoms with Gasteiger partial charge in [0.15, 0.2) is 11.5 Å². The average molecular weight is 465 g/mol. The number of ether oxygens (including phenoxy) is 3. The first-order valence-electron chi connectivity index (χ1n) is 10.2. The summed E-state index contributed by atoms with van der Waals surface area (Å²) < 4.78 is 41.9. The molecule has 0 aliphatic rings. The molecule has 0 atom stereocenters. The van der Waals surface area contributed by atoms with Gasteiger partial charge in [0.1, 0.15) is 0 Å². The highest BCUT2D eigenvalue weighted by atomic mass is 32.2. The minimum absolute atomic E-state index is 0.173. The first kappa shape index (κ1) is 25.3. The van der Waals surface area contributed by atoms with Gasteiger partial charge in [0.05, 0.1) is 33.3 Å². The van der Waals surface area contributed by atoms with Gasteiger partial charge in [-0.3, -0.25) is 9.10 Å². The van der Waals surface area contributed by atoms with E-state index in [0.717, 1.165) is 16.7 Å². The van der Waals surface area contributed by atoms with Crippen LogP contribution < -0.4 is 23.8 Å². The standard InChI is InChI=1S/C23H32N2O6S/c1-16-10-17(2)12-19(11-16)25(32(6,27)28)9-7-8-22(26)24-15-18-13-20(29-3)23(31-5)21(14-18)30-4/h10-14H,7-9,15H2,1-6H3,(H,24,26). The summed E-state index contributed by atoms with van der Waals surface area (Å²) in [7, 11) is 1.12. The van der Waals surface area contributed by atoms with Gasteiger partial charge in [0, 0.05) is 19.5 Å². The van der Waals surface area contributed by atoms with Crippen molar-refractivity contribution in [3.05, 3.63) is 47.0 Å².